The Morgan fingerprint density at radius 2 is 1.67 bits per heavy atom. The molecule has 0 fully saturated rings. The minimum Gasteiger partial charge on any atom is -0.462 e. The number of hydrogen-bond donors (Lipinski definition) is 2. The van der Waals surface area contributed by atoms with Gasteiger partial charge in [0.25, 0.3) is 0 Å². The first-order chi connectivity index (χ1) is 15.5. The van der Waals surface area contributed by atoms with Crippen LogP contribution in [0, 0.1) is 5.92 Å². The smallest absolute Gasteiger partial charge is 0.434 e. The van der Waals surface area contributed by atoms with Gasteiger partial charge in [-0.15, -0.1) is 0 Å². The number of esters is 1. The Morgan fingerprint density at radius 3 is 2.18 bits per heavy atom. The Morgan fingerprint density at radius 1 is 1.06 bits per heavy atom. The molecule has 0 aliphatic carbocycles. The maximum absolute atomic E-state index is 13.6. The summed E-state index contributed by atoms with van der Waals surface area (Å²) in [5, 5.41) is 8.76. The SMILES string of the molecule is CCOC(=O)NC(C(=O)Nc1ccc(-n2ncc(C(=O)OCC)c2C(F)(F)F)cc1)C(C)C. The average Bonchev–Trinajstić information content (AvgIpc) is 3.18. The second-order valence-electron chi connectivity index (χ2n) is 7.16. The van der Waals surface area contributed by atoms with Crippen LogP contribution in [0.5, 0.6) is 0 Å². The van der Waals surface area contributed by atoms with Gasteiger partial charge in [0.05, 0.1) is 25.1 Å². The van der Waals surface area contributed by atoms with Gasteiger partial charge in [-0.25, -0.2) is 14.3 Å². The Kier molecular flexibility index (Phi) is 8.44. The molecule has 0 aliphatic rings. The van der Waals surface area contributed by atoms with E-state index in [0.717, 1.165) is 6.20 Å². The largest absolute Gasteiger partial charge is 0.462 e. The number of amides is 2. The highest BCUT2D eigenvalue weighted by Gasteiger charge is 2.41. The molecule has 0 saturated carbocycles. The highest BCUT2D eigenvalue weighted by atomic mass is 19.4. The van der Waals surface area contributed by atoms with Gasteiger partial charge in [-0.3, -0.25) is 4.79 Å². The van der Waals surface area contributed by atoms with Crippen LogP contribution in [0.25, 0.3) is 5.69 Å². The van der Waals surface area contributed by atoms with E-state index in [-0.39, 0.29) is 30.5 Å². The van der Waals surface area contributed by atoms with Crippen LogP contribution >= 0.6 is 0 Å². The number of anilines is 1. The minimum absolute atomic E-state index is 0.0148. The van der Waals surface area contributed by atoms with Crippen LogP contribution in [0.3, 0.4) is 0 Å². The molecule has 2 N–H and O–H groups in total. The lowest BCUT2D eigenvalue weighted by atomic mass is 10.0. The van der Waals surface area contributed by atoms with E-state index >= 15 is 0 Å². The van der Waals surface area contributed by atoms with Crippen LogP contribution in [0.2, 0.25) is 0 Å². The first-order valence-electron chi connectivity index (χ1n) is 10.2. The summed E-state index contributed by atoms with van der Waals surface area (Å²) in [6, 6.07) is 4.46. The molecule has 0 radical (unpaired) electrons. The molecule has 2 amide bonds. The van der Waals surface area contributed by atoms with Gasteiger partial charge >= 0.3 is 18.2 Å². The Bertz CT molecular complexity index is 987. The number of ether oxygens (including phenoxy) is 2. The van der Waals surface area contributed by atoms with E-state index in [1.165, 1.54) is 31.2 Å². The van der Waals surface area contributed by atoms with Gasteiger partial charge in [0.2, 0.25) is 5.91 Å². The second kappa shape index (κ2) is 10.8. The van der Waals surface area contributed by atoms with Gasteiger partial charge < -0.3 is 20.1 Å². The predicted molar refractivity (Wildman–Crippen MR) is 112 cm³/mol. The quantitative estimate of drug-likeness (QED) is 0.568. The van der Waals surface area contributed by atoms with Gasteiger partial charge in [-0.2, -0.15) is 18.3 Å². The second-order valence-corrected chi connectivity index (χ2v) is 7.16. The number of hydrogen-bond acceptors (Lipinski definition) is 6. The lowest BCUT2D eigenvalue weighted by Crippen LogP contribution is -2.47. The molecule has 1 heterocycles. The summed E-state index contributed by atoms with van der Waals surface area (Å²) in [7, 11) is 0. The van der Waals surface area contributed by atoms with Crippen LogP contribution in [0.4, 0.5) is 23.7 Å². The number of benzene rings is 1. The molecular formula is C21H25F3N4O5. The lowest BCUT2D eigenvalue weighted by Gasteiger charge is -2.21. The molecule has 1 atom stereocenters. The number of rotatable bonds is 8. The summed E-state index contributed by atoms with van der Waals surface area (Å²) in [5.74, 6) is -1.91. The zero-order valence-corrected chi connectivity index (χ0v) is 18.5. The third-order valence-corrected chi connectivity index (χ3v) is 4.41. The van der Waals surface area contributed by atoms with Crippen LogP contribution in [0.1, 0.15) is 43.7 Å². The summed E-state index contributed by atoms with van der Waals surface area (Å²) in [6.07, 6.45) is -4.81. The van der Waals surface area contributed by atoms with Crippen molar-refractivity contribution in [3.05, 3.63) is 41.7 Å². The Balaban J connectivity index is 2.26. The minimum atomic E-state index is -4.87. The predicted octanol–water partition coefficient (Wildman–Crippen LogP) is 3.78. The summed E-state index contributed by atoms with van der Waals surface area (Å²) in [4.78, 5) is 36.2. The zero-order chi connectivity index (χ0) is 24.8. The van der Waals surface area contributed by atoms with E-state index in [4.69, 9.17) is 4.74 Å². The van der Waals surface area contributed by atoms with Crippen molar-refractivity contribution in [2.75, 3.05) is 18.5 Å². The third-order valence-electron chi connectivity index (χ3n) is 4.41. The van der Waals surface area contributed by atoms with Crippen molar-refractivity contribution in [3.8, 4) is 5.69 Å². The van der Waals surface area contributed by atoms with Gasteiger partial charge in [0.1, 0.15) is 11.6 Å². The number of alkyl carbamates (subject to hydrolysis) is 1. The normalized spacial score (nSPS) is 12.2. The number of aromatic nitrogens is 2. The van der Waals surface area contributed by atoms with E-state index in [0.29, 0.717) is 4.68 Å². The van der Waals surface area contributed by atoms with Crippen LogP contribution in [0.15, 0.2) is 30.5 Å². The molecule has 0 aliphatic heterocycles. The fourth-order valence-electron chi connectivity index (χ4n) is 2.92. The van der Waals surface area contributed by atoms with E-state index in [9.17, 15) is 27.6 Å². The van der Waals surface area contributed by atoms with Crippen molar-refractivity contribution in [1.82, 2.24) is 15.1 Å². The summed E-state index contributed by atoms with van der Waals surface area (Å²) in [5.41, 5.74) is -1.67. The Labute approximate surface area is 188 Å². The number of carbonyl (C=O) groups excluding carboxylic acids is 3. The fraction of sp³-hybridized carbons (Fsp3) is 0.429. The number of nitrogens with zero attached hydrogens (tertiary/aromatic N) is 2. The number of carbonyl (C=O) groups is 3. The molecule has 9 nitrogen and oxygen atoms in total. The molecule has 2 aromatic rings. The molecule has 0 saturated heterocycles. The van der Waals surface area contributed by atoms with E-state index in [1.54, 1.807) is 20.8 Å². The van der Waals surface area contributed by atoms with E-state index < -0.39 is 41.4 Å². The first kappa shape index (κ1) is 25.7. The van der Waals surface area contributed by atoms with Crippen LogP contribution < -0.4 is 10.6 Å². The van der Waals surface area contributed by atoms with Crippen molar-refractivity contribution in [3.63, 3.8) is 0 Å². The maximum atomic E-state index is 13.6. The summed E-state index contributed by atoms with van der Waals surface area (Å²) in [6.45, 7) is 6.64. The molecular weight excluding hydrogens is 445 g/mol. The third kappa shape index (κ3) is 6.46. The molecule has 12 heteroatoms. The highest BCUT2D eigenvalue weighted by molar-refractivity contribution is 5.96. The van der Waals surface area contributed by atoms with Gasteiger partial charge in [0, 0.05) is 5.69 Å². The molecule has 180 valence electrons. The molecule has 2 rings (SSSR count). The van der Waals surface area contributed by atoms with Crippen LogP contribution in [-0.4, -0.2) is 47.0 Å². The first-order valence-corrected chi connectivity index (χ1v) is 10.2. The summed E-state index contributed by atoms with van der Waals surface area (Å²) < 4.78 is 51.0. The van der Waals surface area contributed by atoms with E-state index in [2.05, 4.69) is 20.5 Å². The van der Waals surface area contributed by atoms with Crippen molar-refractivity contribution in [2.24, 2.45) is 5.92 Å². The van der Waals surface area contributed by atoms with Crippen LogP contribution in [-0.2, 0) is 20.4 Å². The zero-order valence-electron chi connectivity index (χ0n) is 18.5. The molecule has 0 bridgehead atoms. The van der Waals surface area contributed by atoms with Crippen molar-refractivity contribution < 1.29 is 37.0 Å². The van der Waals surface area contributed by atoms with Crippen molar-refractivity contribution in [2.45, 2.75) is 39.9 Å². The molecule has 33 heavy (non-hydrogen) atoms. The maximum Gasteiger partial charge on any atom is 0.434 e. The van der Waals surface area contributed by atoms with Gasteiger partial charge in [-0.05, 0) is 44.0 Å². The fourth-order valence-corrected chi connectivity index (χ4v) is 2.92. The van der Waals surface area contributed by atoms with E-state index in [1.807, 2.05) is 0 Å². The average molecular weight is 470 g/mol. The number of alkyl halides is 3. The van der Waals surface area contributed by atoms with Gasteiger partial charge in [0.15, 0.2) is 5.69 Å². The monoisotopic (exact) mass is 470 g/mol. The molecule has 0 spiro atoms. The Hall–Kier alpha value is -3.57. The van der Waals surface area contributed by atoms with Crippen molar-refractivity contribution >= 4 is 23.7 Å². The van der Waals surface area contributed by atoms with Gasteiger partial charge in [-0.1, -0.05) is 13.8 Å². The molecule has 1 unspecified atom stereocenters. The number of nitrogens with one attached hydrogen (secondary N) is 2. The highest BCUT2D eigenvalue weighted by Crippen LogP contribution is 2.34. The van der Waals surface area contributed by atoms with Crippen molar-refractivity contribution in [1.29, 1.82) is 0 Å². The molecule has 1 aromatic carbocycles. The molecule has 1 aromatic heterocycles. The number of halogens is 3. The standard InChI is InChI=1S/C21H25F3N4O5/c1-5-32-19(30)15-11-25-28(17(15)21(22,23)24)14-9-7-13(8-10-14)26-18(29)16(12(3)4)27-20(31)33-6-2/h7-12,16H,5-6H2,1-4H3,(H,26,29)(H,27,31). The topological polar surface area (TPSA) is 112 Å². The lowest BCUT2D eigenvalue weighted by molar-refractivity contribution is -0.143. The summed E-state index contributed by atoms with van der Waals surface area (Å²) >= 11 is 0.